The number of rotatable bonds is 3. The molecule has 24 heavy (non-hydrogen) atoms. The number of piperazine rings is 1. The molecule has 7 heteroatoms. The monoisotopic (exact) mass is 349 g/mol. The smallest absolute Gasteiger partial charge is 0.251 e. The van der Waals surface area contributed by atoms with E-state index in [-0.39, 0.29) is 18.4 Å². The van der Waals surface area contributed by atoms with Crippen LogP contribution in [0.5, 0.6) is 0 Å². The highest BCUT2D eigenvalue weighted by atomic mass is 35.5. The molecule has 1 aliphatic rings. The number of fused-ring (bicyclic) bond motifs is 1. The maximum Gasteiger partial charge on any atom is 0.251 e. The van der Waals surface area contributed by atoms with E-state index in [9.17, 15) is 14.7 Å². The molecule has 1 aromatic carbocycles. The van der Waals surface area contributed by atoms with E-state index in [0.717, 1.165) is 10.9 Å². The maximum atomic E-state index is 12.5. The van der Waals surface area contributed by atoms with Gasteiger partial charge in [0.25, 0.3) is 5.91 Å². The molecule has 1 aromatic heterocycles. The van der Waals surface area contributed by atoms with Gasteiger partial charge in [-0.15, -0.1) is 0 Å². The van der Waals surface area contributed by atoms with E-state index in [1.54, 1.807) is 9.80 Å². The van der Waals surface area contributed by atoms with E-state index in [4.69, 9.17) is 11.6 Å². The number of halogens is 1. The van der Waals surface area contributed by atoms with Gasteiger partial charge in [-0.1, -0.05) is 17.7 Å². The molecule has 0 radical (unpaired) electrons. The number of hydrogen-bond acceptors (Lipinski definition) is 3. The number of amides is 2. The van der Waals surface area contributed by atoms with Gasteiger partial charge < -0.3 is 19.5 Å². The lowest BCUT2D eigenvalue weighted by Crippen LogP contribution is -2.53. The van der Waals surface area contributed by atoms with E-state index in [2.05, 4.69) is 0 Å². The molecule has 1 unspecified atom stereocenters. The van der Waals surface area contributed by atoms with Crippen molar-refractivity contribution in [2.45, 2.75) is 19.6 Å². The van der Waals surface area contributed by atoms with Crippen LogP contribution in [0.3, 0.4) is 0 Å². The molecule has 2 heterocycles. The Bertz CT molecular complexity index is 764. The minimum absolute atomic E-state index is 0.0108. The fourth-order valence-electron chi connectivity index (χ4n) is 2.98. The lowest BCUT2D eigenvalue weighted by atomic mass is 10.2. The van der Waals surface area contributed by atoms with Gasteiger partial charge in [0.05, 0.1) is 0 Å². The first-order valence-electron chi connectivity index (χ1n) is 7.95. The highest BCUT2D eigenvalue weighted by molar-refractivity contribution is 6.31. The van der Waals surface area contributed by atoms with Crippen LogP contribution in [0.1, 0.15) is 6.92 Å². The Balaban J connectivity index is 1.63. The number of aliphatic hydroxyl groups excluding tert-OH is 1. The van der Waals surface area contributed by atoms with E-state index in [1.165, 1.54) is 6.92 Å². The van der Waals surface area contributed by atoms with Gasteiger partial charge >= 0.3 is 0 Å². The summed E-state index contributed by atoms with van der Waals surface area (Å²) >= 11 is 6.04. The third-order valence-electron chi connectivity index (χ3n) is 4.34. The van der Waals surface area contributed by atoms with E-state index in [0.29, 0.717) is 31.2 Å². The van der Waals surface area contributed by atoms with Gasteiger partial charge in [0.1, 0.15) is 12.6 Å². The highest BCUT2D eigenvalue weighted by Crippen LogP contribution is 2.20. The van der Waals surface area contributed by atoms with Crippen molar-refractivity contribution >= 4 is 34.3 Å². The van der Waals surface area contributed by atoms with Crippen molar-refractivity contribution in [1.29, 1.82) is 0 Å². The second-order valence-corrected chi connectivity index (χ2v) is 6.47. The molecule has 0 bridgehead atoms. The van der Waals surface area contributed by atoms with Crippen LogP contribution in [0.25, 0.3) is 10.9 Å². The Morgan fingerprint density at radius 2 is 1.83 bits per heavy atom. The number of hydrogen-bond donors (Lipinski definition) is 1. The van der Waals surface area contributed by atoms with Crippen LogP contribution in [0.2, 0.25) is 5.02 Å². The molecule has 0 aliphatic carbocycles. The molecule has 1 saturated heterocycles. The Hall–Kier alpha value is -2.05. The molecule has 128 valence electrons. The standard InChI is InChI=1S/C17H20ClN3O3/c1-12(22)17(24)20-8-6-19(7-9-20)16(23)11-21-5-4-13-2-3-14(18)10-15(13)21/h2-5,10,12,22H,6-9,11H2,1H3. The summed E-state index contributed by atoms with van der Waals surface area (Å²) in [6.07, 6.45) is 0.884. The number of aromatic nitrogens is 1. The molecule has 3 rings (SSSR count). The average Bonchev–Trinajstić information content (AvgIpc) is 2.96. The zero-order valence-corrected chi connectivity index (χ0v) is 14.2. The van der Waals surface area contributed by atoms with Crippen LogP contribution >= 0.6 is 11.6 Å². The van der Waals surface area contributed by atoms with Gasteiger partial charge in [0.15, 0.2) is 0 Å². The largest absolute Gasteiger partial charge is 0.384 e. The summed E-state index contributed by atoms with van der Waals surface area (Å²) in [5, 5.41) is 11.0. The zero-order chi connectivity index (χ0) is 17.3. The second-order valence-electron chi connectivity index (χ2n) is 6.03. The zero-order valence-electron chi connectivity index (χ0n) is 13.5. The van der Waals surface area contributed by atoms with Crippen molar-refractivity contribution in [3.8, 4) is 0 Å². The lowest BCUT2D eigenvalue weighted by molar-refractivity contribution is -0.144. The number of nitrogens with zero attached hydrogens (tertiary/aromatic N) is 3. The molecule has 1 N–H and O–H groups in total. The summed E-state index contributed by atoms with van der Waals surface area (Å²) in [5.41, 5.74) is 0.929. The minimum atomic E-state index is -0.997. The van der Waals surface area contributed by atoms with Crippen LogP contribution in [0.15, 0.2) is 30.5 Å². The number of benzene rings is 1. The quantitative estimate of drug-likeness (QED) is 0.909. The SMILES string of the molecule is CC(O)C(=O)N1CCN(C(=O)Cn2ccc3ccc(Cl)cc32)CC1. The predicted molar refractivity (Wildman–Crippen MR) is 91.8 cm³/mol. The molecule has 0 saturated carbocycles. The first-order valence-corrected chi connectivity index (χ1v) is 8.32. The maximum absolute atomic E-state index is 12.5. The van der Waals surface area contributed by atoms with Crippen LogP contribution in [-0.2, 0) is 16.1 Å². The van der Waals surface area contributed by atoms with Crippen LogP contribution in [0, 0.1) is 0 Å². The molecular formula is C17H20ClN3O3. The molecule has 1 aliphatic heterocycles. The minimum Gasteiger partial charge on any atom is -0.384 e. The first-order chi connectivity index (χ1) is 11.5. The van der Waals surface area contributed by atoms with Crippen molar-refractivity contribution < 1.29 is 14.7 Å². The van der Waals surface area contributed by atoms with Gasteiger partial charge in [-0.3, -0.25) is 9.59 Å². The predicted octanol–water partition coefficient (Wildman–Crippen LogP) is 1.35. The lowest BCUT2D eigenvalue weighted by Gasteiger charge is -2.35. The Labute approximate surface area is 145 Å². The van der Waals surface area contributed by atoms with Crippen LogP contribution in [0.4, 0.5) is 0 Å². The fourth-order valence-corrected chi connectivity index (χ4v) is 3.15. The van der Waals surface area contributed by atoms with Crippen molar-refractivity contribution in [2.24, 2.45) is 0 Å². The summed E-state index contributed by atoms with van der Waals surface area (Å²) in [6, 6.07) is 7.56. The van der Waals surface area contributed by atoms with Crippen molar-refractivity contribution in [2.75, 3.05) is 26.2 Å². The summed E-state index contributed by atoms with van der Waals surface area (Å²) < 4.78 is 1.89. The summed E-state index contributed by atoms with van der Waals surface area (Å²) in [4.78, 5) is 27.6. The van der Waals surface area contributed by atoms with E-state index in [1.807, 2.05) is 35.0 Å². The Kier molecular flexibility index (Phi) is 4.78. The van der Waals surface area contributed by atoms with Gasteiger partial charge in [-0.05, 0) is 30.5 Å². The van der Waals surface area contributed by atoms with E-state index < -0.39 is 6.10 Å². The highest BCUT2D eigenvalue weighted by Gasteiger charge is 2.26. The molecule has 2 amide bonds. The van der Waals surface area contributed by atoms with E-state index >= 15 is 0 Å². The molecular weight excluding hydrogens is 330 g/mol. The van der Waals surface area contributed by atoms with Gasteiger partial charge in [-0.2, -0.15) is 0 Å². The van der Waals surface area contributed by atoms with Gasteiger partial charge in [-0.25, -0.2) is 0 Å². The van der Waals surface area contributed by atoms with Gasteiger partial charge in [0, 0.05) is 42.9 Å². The van der Waals surface area contributed by atoms with Crippen molar-refractivity contribution in [3.05, 3.63) is 35.5 Å². The Morgan fingerprint density at radius 3 is 2.50 bits per heavy atom. The average molecular weight is 350 g/mol. The fraction of sp³-hybridized carbons (Fsp3) is 0.412. The second kappa shape index (κ2) is 6.83. The van der Waals surface area contributed by atoms with Gasteiger partial charge in [0.2, 0.25) is 5.91 Å². The molecule has 1 fully saturated rings. The van der Waals surface area contributed by atoms with Crippen molar-refractivity contribution in [3.63, 3.8) is 0 Å². The van der Waals surface area contributed by atoms with Crippen LogP contribution < -0.4 is 0 Å². The summed E-state index contributed by atoms with van der Waals surface area (Å²) in [6.45, 7) is 3.58. The van der Waals surface area contributed by atoms with Crippen molar-refractivity contribution in [1.82, 2.24) is 14.4 Å². The normalized spacial score (nSPS) is 16.5. The number of aliphatic hydroxyl groups is 1. The molecule has 6 nitrogen and oxygen atoms in total. The first kappa shape index (κ1) is 16.8. The number of carbonyl (C=O) groups is 2. The molecule has 2 aromatic rings. The van der Waals surface area contributed by atoms with Crippen LogP contribution in [-0.4, -0.2) is 63.6 Å². The third-order valence-corrected chi connectivity index (χ3v) is 4.58. The molecule has 1 atom stereocenters. The summed E-state index contributed by atoms with van der Waals surface area (Å²) in [7, 11) is 0. The third kappa shape index (κ3) is 3.39. The summed E-state index contributed by atoms with van der Waals surface area (Å²) in [5.74, 6) is -0.273. The molecule has 0 spiro atoms. The topological polar surface area (TPSA) is 65.8 Å². The number of carbonyl (C=O) groups excluding carboxylic acids is 2. The Morgan fingerprint density at radius 1 is 1.17 bits per heavy atom.